The molecule has 0 saturated heterocycles. The zero-order valence-corrected chi connectivity index (χ0v) is 7.81. The number of pyridine rings is 1. The van der Waals surface area contributed by atoms with E-state index in [0.717, 1.165) is 16.8 Å². The van der Waals surface area contributed by atoms with Crippen LogP contribution in [0.2, 0.25) is 0 Å². The highest BCUT2D eigenvalue weighted by molar-refractivity contribution is 5.72. The topological polar surface area (TPSA) is 64.7 Å². The summed E-state index contributed by atoms with van der Waals surface area (Å²) in [6.45, 7) is 1.89. The van der Waals surface area contributed by atoms with Crippen molar-refractivity contribution in [1.29, 1.82) is 0 Å². The van der Waals surface area contributed by atoms with Crippen molar-refractivity contribution in [1.82, 2.24) is 15.2 Å². The normalized spacial score (nSPS) is 10.1. The van der Waals surface area contributed by atoms with E-state index in [2.05, 4.69) is 15.2 Å². The summed E-state index contributed by atoms with van der Waals surface area (Å²) in [4.78, 5) is 4.01. The first-order chi connectivity index (χ1) is 6.77. The molecule has 4 nitrogen and oxygen atoms in total. The predicted molar refractivity (Wildman–Crippen MR) is 54.4 cm³/mol. The molecule has 0 bridgehead atoms. The predicted octanol–water partition coefficient (Wildman–Crippen LogP) is 1.43. The van der Waals surface area contributed by atoms with Gasteiger partial charge in [0.2, 0.25) is 0 Å². The van der Waals surface area contributed by atoms with Crippen molar-refractivity contribution in [2.75, 3.05) is 5.73 Å². The van der Waals surface area contributed by atoms with Crippen LogP contribution >= 0.6 is 0 Å². The maximum absolute atomic E-state index is 5.74. The minimum Gasteiger partial charge on any atom is -0.383 e. The first-order valence-corrected chi connectivity index (χ1v) is 4.27. The van der Waals surface area contributed by atoms with E-state index in [1.807, 2.05) is 25.1 Å². The fraction of sp³-hybridized carbons (Fsp3) is 0.100. The van der Waals surface area contributed by atoms with Crippen LogP contribution in [0.15, 0.2) is 30.6 Å². The van der Waals surface area contributed by atoms with Crippen molar-refractivity contribution in [3.8, 4) is 11.1 Å². The van der Waals surface area contributed by atoms with Crippen LogP contribution in [0.1, 0.15) is 5.69 Å². The molecular formula is C10H10N4. The number of aryl methyl sites for hydroxylation is 1. The molecule has 0 unspecified atom stereocenters. The Morgan fingerprint density at radius 1 is 1.36 bits per heavy atom. The number of nitrogens with zero attached hydrogens (tertiary/aromatic N) is 3. The maximum atomic E-state index is 5.74. The van der Waals surface area contributed by atoms with Crippen LogP contribution in [0.25, 0.3) is 11.1 Å². The molecule has 2 heterocycles. The minimum absolute atomic E-state index is 0.514. The number of rotatable bonds is 1. The number of nitrogens with two attached hydrogens (primary N) is 1. The van der Waals surface area contributed by atoms with E-state index < -0.39 is 0 Å². The second-order valence-corrected chi connectivity index (χ2v) is 3.02. The van der Waals surface area contributed by atoms with E-state index in [0.29, 0.717) is 5.82 Å². The fourth-order valence-corrected chi connectivity index (χ4v) is 1.28. The van der Waals surface area contributed by atoms with Crippen molar-refractivity contribution in [3.05, 3.63) is 36.3 Å². The molecule has 2 N–H and O–H groups in total. The molecule has 14 heavy (non-hydrogen) atoms. The van der Waals surface area contributed by atoms with E-state index in [1.54, 1.807) is 12.4 Å². The number of nitrogen functional groups attached to an aromatic ring is 1. The quantitative estimate of drug-likeness (QED) is 0.731. The molecule has 0 aromatic carbocycles. The summed E-state index contributed by atoms with van der Waals surface area (Å²) in [6, 6.07) is 5.70. The van der Waals surface area contributed by atoms with Crippen molar-refractivity contribution in [2.24, 2.45) is 0 Å². The summed E-state index contributed by atoms with van der Waals surface area (Å²) in [5.74, 6) is 0.514. The maximum Gasteiger partial charge on any atom is 0.131 e. The summed E-state index contributed by atoms with van der Waals surface area (Å²) in [5, 5.41) is 7.75. The van der Waals surface area contributed by atoms with Crippen molar-refractivity contribution < 1.29 is 0 Å². The molecular weight excluding hydrogens is 176 g/mol. The lowest BCUT2D eigenvalue weighted by molar-refractivity contribution is 0.982. The van der Waals surface area contributed by atoms with Crippen LogP contribution in [0.4, 0.5) is 5.82 Å². The lowest BCUT2D eigenvalue weighted by Crippen LogP contribution is -1.94. The van der Waals surface area contributed by atoms with Gasteiger partial charge in [0, 0.05) is 17.3 Å². The van der Waals surface area contributed by atoms with E-state index >= 15 is 0 Å². The summed E-state index contributed by atoms with van der Waals surface area (Å²) < 4.78 is 0. The standard InChI is InChI=1S/C10H10N4/c1-7-5-8(6-13-14-7)9-3-2-4-12-10(9)11/h2-6H,1H3,(H2,11,12). The van der Waals surface area contributed by atoms with Gasteiger partial charge in [0.05, 0.1) is 11.9 Å². The number of anilines is 1. The third-order valence-electron chi connectivity index (χ3n) is 1.93. The number of aromatic nitrogens is 3. The van der Waals surface area contributed by atoms with E-state index in [4.69, 9.17) is 5.73 Å². The van der Waals surface area contributed by atoms with Gasteiger partial charge in [-0.1, -0.05) is 0 Å². The molecule has 4 heteroatoms. The Balaban J connectivity index is 2.55. The molecule has 2 aromatic heterocycles. The Kier molecular flexibility index (Phi) is 2.10. The SMILES string of the molecule is Cc1cc(-c2cccnc2N)cnn1. The molecule has 0 fully saturated rings. The Bertz CT molecular complexity index is 453. The molecule has 0 atom stereocenters. The van der Waals surface area contributed by atoms with Crippen LogP contribution < -0.4 is 5.73 Å². The molecule has 0 aliphatic rings. The van der Waals surface area contributed by atoms with Gasteiger partial charge in [-0.25, -0.2) is 4.98 Å². The van der Waals surface area contributed by atoms with Gasteiger partial charge >= 0.3 is 0 Å². The summed E-state index contributed by atoms with van der Waals surface area (Å²) in [6.07, 6.45) is 3.35. The highest BCUT2D eigenvalue weighted by Crippen LogP contribution is 2.22. The molecule has 0 aliphatic carbocycles. The monoisotopic (exact) mass is 186 g/mol. The summed E-state index contributed by atoms with van der Waals surface area (Å²) in [5.41, 5.74) is 8.45. The molecule has 70 valence electrons. The van der Waals surface area contributed by atoms with Gasteiger partial charge in [0.25, 0.3) is 0 Å². The Hall–Kier alpha value is -1.97. The zero-order chi connectivity index (χ0) is 9.97. The van der Waals surface area contributed by atoms with Gasteiger partial charge in [-0.05, 0) is 25.1 Å². The second kappa shape index (κ2) is 3.41. The Morgan fingerprint density at radius 3 is 2.93 bits per heavy atom. The third-order valence-corrected chi connectivity index (χ3v) is 1.93. The zero-order valence-electron chi connectivity index (χ0n) is 7.81. The van der Waals surface area contributed by atoms with Gasteiger partial charge < -0.3 is 5.73 Å². The molecule has 0 radical (unpaired) electrons. The largest absolute Gasteiger partial charge is 0.383 e. The average Bonchev–Trinajstić information content (AvgIpc) is 2.18. The second-order valence-electron chi connectivity index (χ2n) is 3.02. The van der Waals surface area contributed by atoms with Gasteiger partial charge in [-0.2, -0.15) is 10.2 Å². The summed E-state index contributed by atoms with van der Waals surface area (Å²) >= 11 is 0. The van der Waals surface area contributed by atoms with Crippen molar-refractivity contribution in [3.63, 3.8) is 0 Å². The molecule has 0 aliphatic heterocycles. The summed E-state index contributed by atoms with van der Waals surface area (Å²) in [7, 11) is 0. The Labute approximate surface area is 81.8 Å². The first-order valence-electron chi connectivity index (χ1n) is 4.27. The van der Waals surface area contributed by atoms with E-state index in [9.17, 15) is 0 Å². The van der Waals surface area contributed by atoms with E-state index in [-0.39, 0.29) is 0 Å². The van der Waals surface area contributed by atoms with Gasteiger partial charge in [0.15, 0.2) is 0 Å². The van der Waals surface area contributed by atoms with Crippen LogP contribution in [0.3, 0.4) is 0 Å². The van der Waals surface area contributed by atoms with Gasteiger partial charge in [-0.15, -0.1) is 0 Å². The molecule has 2 aromatic rings. The van der Waals surface area contributed by atoms with Crippen LogP contribution in [-0.4, -0.2) is 15.2 Å². The number of hydrogen-bond donors (Lipinski definition) is 1. The lowest BCUT2D eigenvalue weighted by atomic mass is 10.1. The average molecular weight is 186 g/mol. The smallest absolute Gasteiger partial charge is 0.131 e. The third kappa shape index (κ3) is 1.54. The molecule has 0 amide bonds. The molecule has 0 saturated carbocycles. The van der Waals surface area contributed by atoms with Gasteiger partial charge in [0.1, 0.15) is 5.82 Å². The highest BCUT2D eigenvalue weighted by atomic mass is 15.1. The number of hydrogen-bond acceptors (Lipinski definition) is 4. The lowest BCUT2D eigenvalue weighted by Gasteiger charge is -2.03. The minimum atomic E-state index is 0.514. The van der Waals surface area contributed by atoms with Crippen molar-refractivity contribution in [2.45, 2.75) is 6.92 Å². The molecule has 2 rings (SSSR count). The van der Waals surface area contributed by atoms with Crippen LogP contribution in [0, 0.1) is 6.92 Å². The van der Waals surface area contributed by atoms with Crippen molar-refractivity contribution >= 4 is 5.82 Å². The van der Waals surface area contributed by atoms with E-state index in [1.165, 1.54) is 0 Å². The fourth-order valence-electron chi connectivity index (χ4n) is 1.28. The van der Waals surface area contributed by atoms with Crippen LogP contribution in [-0.2, 0) is 0 Å². The Morgan fingerprint density at radius 2 is 2.21 bits per heavy atom. The van der Waals surface area contributed by atoms with Crippen LogP contribution in [0.5, 0.6) is 0 Å². The highest BCUT2D eigenvalue weighted by Gasteiger charge is 2.03. The first kappa shape index (κ1) is 8.62. The van der Waals surface area contributed by atoms with Gasteiger partial charge in [-0.3, -0.25) is 0 Å². The molecule has 0 spiro atoms.